The number of carbonyl (C=O) groups is 1. The highest BCUT2D eigenvalue weighted by Gasteiger charge is 2.32. The van der Waals surface area contributed by atoms with Crippen LogP contribution in [0.1, 0.15) is 43.7 Å². The summed E-state index contributed by atoms with van der Waals surface area (Å²) in [4.78, 5) is 26.7. The minimum atomic E-state index is -1.17. The first kappa shape index (κ1) is 25.3. The quantitative estimate of drug-likeness (QED) is 0.273. The molecule has 0 aliphatic rings. The molecule has 2 aromatic carbocycles. The van der Waals surface area contributed by atoms with E-state index in [1.807, 2.05) is 59.9 Å². The Hall–Kier alpha value is -3.40. The number of ether oxygens (including phenoxy) is 1. The van der Waals surface area contributed by atoms with Gasteiger partial charge in [-0.15, -0.1) is 11.3 Å². The molecular weight excluding hydrogens is 510 g/mol. The van der Waals surface area contributed by atoms with Crippen molar-refractivity contribution in [2.75, 3.05) is 0 Å². The monoisotopic (exact) mass is 535 g/mol. The number of hydrogen-bond acceptors (Lipinski definition) is 7. The highest BCUT2D eigenvalue weighted by Crippen LogP contribution is 2.44. The number of aryl methyl sites for hydroxylation is 3. The van der Waals surface area contributed by atoms with E-state index in [9.17, 15) is 9.90 Å². The summed E-state index contributed by atoms with van der Waals surface area (Å²) in [5.74, 6) is -0.565. The van der Waals surface area contributed by atoms with Gasteiger partial charge in [-0.05, 0) is 63.9 Å². The van der Waals surface area contributed by atoms with E-state index >= 15 is 0 Å². The van der Waals surface area contributed by atoms with Crippen LogP contribution < -0.4 is 0 Å². The fraction of sp³-hybridized carbons (Fsp3) is 0.296. The van der Waals surface area contributed by atoms with Crippen molar-refractivity contribution in [3.05, 3.63) is 58.4 Å². The molecule has 3 heterocycles. The van der Waals surface area contributed by atoms with Crippen LogP contribution in [0.15, 0.2) is 36.5 Å². The molecule has 0 aliphatic carbocycles. The zero-order valence-corrected chi connectivity index (χ0v) is 22.9. The summed E-state index contributed by atoms with van der Waals surface area (Å²) in [6.07, 6.45) is 0.573. The maximum atomic E-state index is 12.5. The first-order chi connectivity index (χ1) is 17.4. The number of rotatable bonds is 5. The normalized spacial score (nSPS) is 12.9. The molecule has 1 atom stereocenters. The van der Waals surface area contributed by atoms with Crippen LogP contribution in [-0.4, -0.2) is 41.4 Å². The number of benzene rings is 2. The van der Waals surface area contributed by atoms with E-state index in [1.54, 1.807) is 23.0 Å². The van der Waals surface area contributed by atoms with Crippen LogP contribution in [0.4, 0.5) is 0 Å². The van der Waals surface area contributed by atoms with E-state index < -0.39 is 17.7 Å². The van der Waals surface area contributed by atoms with Crippen LogP contribution in [0, 0.1) is 13.8 Å². The molecule has 3 aromatic heterocycles. The molecule has 190 valence electrons. The first-order valence-electron chi connectivity index (χ1n) is 11.7. The van der Waals surface area contributed by atoms with Gasteiger partial charge in [-0.2, -0.15) is 5.10 Å². The maximum absolute atomic E-state index is 12.5. The van der Waals surface area contributed by atoms with E-state index in [4.69, 9.17) is 26.3 Å². The molecule has 10 heteroatoms. The lowest BCUT2D eigenvalue weighted by Crippen LogP contribution is -2.28. The number of carboxylic acids is 1. The Morgan fingerprint density at radius 1 is 1.16 bits per heavy atom. The summed E-state index contributed by atoms with van der Waals surface area (Å²) >= 11 is 7.61. The van der Waals surface area contributed by atoms with Crippen LogP contribution in [0.2, 0.25) is 5.02 Å². The lowest BCUT2D eigenvalue weighted by atomic mass is 9.91. The predicted octanol–water partition coefficient (Wildman–Crippen LogP) is 6.52. The zero-order valence-electron chi connectivity index (χ0n) is 21.3. The van der Waals surface area contributed by atoms with Gasteiger partial charge in [-0.3, -0.25) is 4.68 Å². The molecule has 5 rings (SSSR count). The van der Waals surface area contributed by atoms with Gasteiger partial charge >= 0.3 is 5.97 Å². The molecule has 0 radical (unpaired) electrons. The van der Waals surface area contributed by atoms with E-state index in [0.29, 0.717) is 21.4 Å². The van der Waals surface area contributed by atoms with Crippen molar-refractivity contribution in [1.82, 2.24) is 24.7 Å². The highest BCUT2D eigenvalue weighted by atomic mass is 35.5. The maximum Gasteiger partial charge on any atom is 0.337 e. The third kappa shape index (κ3) is 4.70. The van der Waals surface area contributed by atoms with Crippen LogP contribution in [-0.2, 0) is 16.6 Å². The van der Waals surface area contributed by atoms with Crippen molar-refractivity contribution in [3.8, 4) is 22.0 Å². The van der Waals surface area contributed by atoms with Gasteiger partial charge in [0.25, 0.3) is 0 Å². The Morgan fingerprint density at radius 2 is 1.86 bits per heavy atom. The van der Waals surface area contributed by atoms with Crippen molar-refractivity contribution in [2.24, 2.45) is 7.05 Å². The standard InChI is InChI=1S/C27H26ClN5O3S/c1-13-11-17-23(37-25(30-17)24-29-12-18-21(31-24)14(2)32-33(18)6)20(15-7-9-16(28)10-8-15)19(13)22(26(34)35)36-27(3,4)5/h7-12,22H,1-6H3,(H,34,35)/t22-/m0/s1. The Kier molecular flexibility index (Phi) is 6.26. The number of carboxylic acid groups (broad SMARTS) is 1. The summed E-state index contributed by atoms with van der Waals surface area (Å²) in [5, 5.41) is 15.9. The van der Waals surface area contributed by atoms with Gasteiger partial charge in [-0.25, -0.2) is 19.7 Å². The van der Waals surface area contributed by atoms with Crippen molar-refractivity contribution in [2.45, 2.75) is 46.3 Å². The zero-order chi connectivity index (χ0) is 26.6. The molecule has 5 aromatic rings. The SMILES string of the molecule is Cc1cc2nc(-c3ncc4c(n3)c(C)nn4C)sc2c(-c2ccc(Cl)cc2)c1[C@H](OC(C)(C)C)C(=O)O. The largest absolute Gasteiger partial charge is 0.479 e. The summed E-state index contributed by atoms with van der Waals surface area (Å²) in [5.41, 5.74) is 5.42. The molecule has 0 saturated heterocycles. The predicted molar refractivity (Wildman–Crippen MR) is 146 cm³/mol. The average molecular weight is 536 g/mol. The second kappa shape index (κ2) is 9.16. The highest BCUT2D eigenvalue weighted by molar-refractivity contribution is 7.22. The third-order valence-electron chi connectivity index (χ3n) is 5.97. The van der Waals surface area contributed by atoms with Crippen LogP contribution in [0.5, 0.6) is 0 Å². The number of aliphatic carboxylic acids is 1. The van der Waals surface area contributed by atoms with Crippen molar-refractivity contribution in [3.63, 3.8) is 0 Å². The van der Waals surface area contributed by atoms with E-state index in [2.05, 4.69) is 10.1 Å². The lowest BCUT2D eigenvalue weighted by Gasteiger charge is -2.28. The van der Waals surface area contributed by atoms with E-state index in [-0.39, 0.29) is 0 Å². The van der Waals surface area contributed by atoms with Crippen molar-refractivity contribution >= 4 is 50.2 Å². The smallest absolute Gasteiger partial charge is 0.337 e. The van der Waals surface area contributed by atoms with Crippen molar-refractivity contribution < 1.29 is 14.6 Å². The fourth-order valence-electron chi connectivity index (χ4n) is 4.44. The van der Waals surface area contributed by atoms with Gasteiger partial charge < -0.3 is 9.84 Å². The van der Waals surface area contributed by atoms with Crippen LogP contribution >= 0.6 is 22.9 Å². The Bertz CT molecular complexity index is 1670. The molecule has 0 fully saturated rings. The Morgan fingerprint density at radius 3 is 2.51 bits per heavy atom. The number of halogens is 1. The summed E-state index contributed by atoms with van der Waals surface area (Å²) in [7, 11) is 1.86. The molecule has 8 nitrogen and oxygen atoms in total. The molecule has 0 bridgehead atoms. The topological polar surface area (TPSA) is 103 Å². The van der Waals surface area contributed by atoms with Crippen LogP contribution in [0.3, 0.4) is 0 Å². The number of thiazole rings is 1. The van der Waals surface area contributed by atoms with E-state index in [1.165, 1.54) is 11.3 Å². The molecule has 37 heavy (non-hydrogen) atoms. The van der Waals surface area contributed by atoms with Gasteiger partial charge in [0, 0.05) is 23.2 Å². The van der Waals surface area contributed by atoms with Gasteiger partial charge in [0.15, 0.2) is 16.9 Å². The summed E-state index contributed by atoms with van der Waals surface area (Å²) in [6.45, 7) is 9.33. The Balaban J connectivity index is 1.78. The number of aromatic nitrogens is 5. The first-order valence-corrected chi connectivity index (χ1v) is 12.9. The Labute approximate surface area is 222 Å². The second-order valence-electron chi connectivity index (χ2n) is 9.94. The molecule has 0 unspecified atom stereocenters. The van der Waals surface area contributed by atoms with Gasteiger partial charge in [0.1, 0.15) is 11.0 Å². The molecule has 1 N–H and O–H groups in total. The molecule has 0 aliphatic heterocycles. The van der Waals surface area contributed by atoms with Gasteiger partial charge in [0.2, 0.25) is 0 Å². The number of nitrogens with zero attached hydrogens (tertiary/aromatic N) is 5. The van der Waals surface area contributed by atoms with Crippen LogP contribution in [0.25, 0.3) is 43.2 Å². The van der Waals surface area contributed by atoms with Crippen molar-refractivity contribution in [1.29, 1.82) is 0 Å². The minimum absolute atomic E-state index is 0.492. The minimum Gasteiger partial charge on any atom is -0.479 e. The average Bonchev–Trinajstić information content (AvgIpc) is 3.37. The number of fused-ring (bicyclic) bond motifs is 2. The molecular formula is C27H26ClN5O3S. The molecule has 0 amide bonds. The fourth-order valence-corrected chi connectivity index (χ4v) is 5.63. The van der Waals surface area contributed by atoms with Gasteiger partial charge in [0.05, 0.1) is 27.7 Å². The lowest BCUT2D eigenvalue weighted by molar-refractivity contribution is -0.160. The van der Waals surface area contributed by atoms with E-state index in [0.717, 1.165) is 43.6 Å². The molecule has 0 spiro atoms. The summed E-state index contributed by atoms with van der Waals surface area (Å²) < 4.78 is 8.66. The number of hydrogen-bond donors (Lipinski definition) is 1. The van der Waals surface area contributed by atoms with Gasteiger partial charge in [-0.1, -0.05) is 23.7 Å². The summed E-state index contributed by atoms with van der Waals surface area (Å²) in [6, 6.07) is 9.26. The molecule has 0 saturated carbocycles. The second-order valence-corrected chi connectivity index (χ2v) is 11.4. The third-order valence-corrected chi connectivity index (χ3v) is 7.31.